The molecule has 18 heavy (non-hydrogen) atoms. The topological polar surface area (TPSA) is 32.8 Å². The van der Waals surface area contributed by atoms with Gasteiger partial charge >= 0.3 is 0 Å². The lowest BCUT2D eigenvalue weighted by Crippen LogP contribution is -2.44. The molecule has 2 fully saturated rings. The van der Waals surface area contributed by atoms with E-state index >= 15 is 0 Å². The van der Waals surface area contributed by atoms with Gasteiger partial charge in [-0.15, -0.1) is 0 Å². The van der Waals surface area contributed by atoms with Crippen LogP contribution in [0.25, 0.3) is 0 Å². The molecule has 1 aromatic rings. The maximum Gasteiger partial charge on any atom is 0.148 e. The number of ether oxygens (including phenoxy) is 1. The number of hydrogen-bond acceptors (Lipinski definition) is 2. The molecule has 0 spiro atoms. The van der Waals surface area contributed by atoms with Crippen LogP contribution in [-0.2, 0) is 10.3 Å². The SMILES string of the molecule is C[C@H]1O[C@]1(c1ccccc1)C1(O)CCCCCC1. The summed E-state index contributed by atoms with van der Waals surface area (Å²) in [6, 6.07) is 10.3. The van der Waals surface area contributed by atoms with E-state index in [1.54, 1.807) is 0 Å². The molecule has 0 unspecified atom stereocenters. The first kappa shape index (κ1) is 12.2. The Labute approximate surface area is 109 Å². The fourth-order valence-electron chi connectivity index (χ4n) is 3.67. The summed E-state index contributed by atoms with van der Waals surface area (Å²) in [5.41, 5.74) is 0.0185. The van der Waals surface area contributed by atoms with Crippen LogP contribution in [0.4, 0.5) is 0 Å². The lowest BCUT2D eigenvalue weighted by molar-refractivity contribution is -0.0531. The molecule has 1 saturated heterocycles. The molecule has 2 atom stereocenters. The smallest absolute Gasteiger partial charge is 0.148 e. The van der Waals surface area contributed by atoms with Crippen LogP contribution in [0.1, 0.15) is 51.0 Å². The van der Waals surface area contributed by atoms with Gasteiger partial charge in [0.15, 0.2) is 0 Å². The molecule has 0 amide bonds. The van der Waals surface area contributed by atoms with E-state index in [1.807, 2.05) is 18.2 Å². The van der Waals surface area contributed by atoms with Crippen LogP contribution >= 0.6 is 0 Å². The highest BCUT2D eigenvalue weighted by Gasteiger charge is 2.67. The Morgan fingerprint density at radius 1 is 1.06 bits per heavy atom. The zero-order valence-corrected chi connectivity index (χ0v) is 11.1. The molecule has 1 aliphatic heterocycles. The Morgan fingerprint density at radius 3 is 2.11 bits per heavy atom. The van der Waals surface area contributed by atoms with Crippen molar-refractivity contribution < 1.29 is 9.84 Å². The van der Waals surface area contributed by atoms with Crippen molar-refractivity contribution in [3.63, 3.8) is 0 Å². The van der Waals surface area contributed by atoms with Gasteiger partial charge in [0, 0.05) is 0 Å². The quantitative estimate of drug-likeness (QED) is 0.641. The summed E-state index contributed by atoms with van der Waals surface area (Å²) in [5, 5.41) is 11.1. The van der Waals surface area contributed by atoms with Crippen LogP contribution in [0.3, 0.4) is 0 Å². The molecule has 3 rings (SSSR count). The first-order valence-corrected chi connectivity index (χ1v) is 7.15. The van der Waals surface area contributed by atoms with E-state index in [-0.39, 0.29) is 6.10 Å². The predicted octanol–water partition coefficient (Wildman–Crippen LogP) is 3.39. The van der Waals surface area contributed by atoms with Gasteiger partial charge in [-0.25, -0.2) is 0 Å². The first-order chi connectivity index (χ1) is 8.69. The molecule has 0 aromatic heterocycles. The molecule has 0 radical (unpaired) electrons. The first-order valence-electron chi connectivity index (χ1n) is 7.15. The molecule has 1 aliphatic carbocycles. The lowest BCUT2D eigenvalue weighted by atomic mass is 9.75. The van der Waals surface area contributed by atoms with Crippen LogP contribution in [0.5, 0.6) is 0 Å². The second-order valence-electron chi connectivity index (χ2n) is 5.81. The summed E-state index contributed by atoms with van der Waals surface area (Å²) < 4.78 is 5.94. The maximum atomic E-state index is 11.1. The van der Waals surface area contributed by atoms with E-state index in [0.717, 1.165) is 31.2 Å². The van der Waals surface area contributed by atoms with Crippen molar-refractivity contribution in [2.75, 3.05) is 0 Å². The van der Waals surface area contributed by atoms with E-state index in [4.69, 9.17) is 4.74 Å². The molecule has 98 valence electrons. The highest BCUT2D eigenvalue weighted by atomic mass is 16.6. The van der Waals surface area contributed by atoms with Crippen molar-refractivity contribution in [3.05, 3.63) is 35.9 Å². The minimum absolute atomic E-state index is 0.128. The average molecular weight is 246 g/mol. The van der Waals surface area contributed by atoms with Gasteiger partial charge in [0.2, 0.25) is 0 Å². The summed E-state index contributed by atoms with van der Waals surface area (Å²) >= 11 is 0. The maximum absolute atomic E-state index is 11.1. The average Bonchev–Trinajstić information content (AvgIpc) is 3.12. The molecule has 1 N–H and O–H groups in total. The zero-order chi connectivity index (χ0) is 12.6. The predicted molar refractivity (Wildman–Crippen MR) is 71.3 cm³/mol. The molecule has 2 aliphatic rings. The van der Waals surface area contributed by atoms with Crippen molar-refractivity contribution in [2.45, 2.75) is 62.8 Å². The van der Waals surface area contributed by atoms with Gasteiger partial charge in [0.25, 0.3) is 0 Å². The molecule has 2 nitrogen and oxygen atoms in total. The van der Waals surface area contributed by atoms with E-state index in [2.05, 4.69) is 19.1 Å². The fourth-order valence-corrected chi connectivity index (χ4v) is 3.67. The molecule has 1 aromatic carbocycles. The van der Waals surface area contributed by atoms with Crippen molar-refractivity contribution in [1.82, 2.24) is 0 Å². The second-order valence-corrected chi connectivity index (χ2v) is 5.81. The molecular weight excluding hydrogens is 224 g/mol. The third kappa shape index (κ3) is 1.70. The largest absolute Gasteiger partial charge is 0.386 e. The van der Waals surface area contributed by atoms with E-state index in [0.29, 0.717) is 0 Å². The van der Waals surface area contributed by atoms with Crippen molar-refractivity contribution >= 4 is 0 Å². The van der Waals surface area contributed by atoms with E-state index < -0.39 is 11.2 Å². The molecule has 1 saturated carbocycles. The van der Waals surface area contributed by atoms with E-state index in [1.165, 1.54) is 12.8 Å². The highest BCUT2D eigenvalue weighted by Crippen LogP contribution is 2.57. The molecule has 2 heteroatoms. The van der Waals surface area contributed by atoms with Gasteiger partial charge in [-0.3, -0.25) is 0 Å². The lowest BCUT2D eigenvalue weighted by Gasteiger charge is -2.34. The molecule has 1 heterocycles. The van der Waals surface area contributed by atoms with Gasteiger partial charge in [0.1, 0.15) is 11.2 Å². The minimum Gasteiger partial charge on any atom is -0.386 e. The highest BCUT2D eigenvalue weighted by molar-refractivity contribution is 5.34. The van der Waals surface area contributed by atoms with Gasteiger partial charge in [-0.05, 0) is 25.3 Å². The van der Waals surface area contributed by atoms with Crippen LogP contribution in [-0.4, -0.2) is 16.8 Å². The minimum atomic E-state index is -0.676. The number of rotatable bonds is 2. The van der Waals surface area contributed by atoms with Crippen molar-refractivity contribution in [2.24, 2.45) is 0 Å². The summed E-state index contributed by atoms with van der Waals surface area (Å²) in [6.07, 6.45) is 6.56. The summed E-state index contributed by atoms with van der Waals surface area (Å²) in [4.78, 5) is 0. The number of hydrogen-bond donors (Lipinski definition) is 1. The second kappa shape index (κ2) is 4.36. The van der Waals surface area contributed by atoms with Gasteiger partial charge in [-0.2, -0.15) is 0 Å². The Kier molecular flexibility index (Phi) is 2.95. The Balaban J connectivity index is 1.97. The van der Waals surface area contributed by atoms with Gasteiger partial charge in [0.05, 0.1) is 6.10 Å². The normalized spacial score (nSPS) is 34.9. The number of aliphatic hydroxyl groups is 1. The standard InChI is InChI=1S/C16H22O2/c1-13-16(18-13,14-9-5-4-6-10-14)15(17)11-7-2-3-8-12-15/h4-6,9-10,13,17H,2-3,7-8,11-12H2,1H3/t13-,16-/m1/s1. The monoisotopic (exact) mass is 246 g/mol. The van der Waals surface area contributed by atoms with Gasteiger partial charge in [-0.1, -0.05) is 56.0 Å². The fraction of sp³-hybridized carbons (Fsp3) is 0.625. The third-order valence-corrected chi connectivity index (χ3v) is 4.70. The zero-order valence-electron chi connectivity index (χ0n) is 11.1. The van der Waals surface area contributed by atoms with Crippen molar-refractivity contribution in [1.29, 1.82) is 0 Å². The van der Waals surface area contributed by atoms with Crippen molar-refractivity contribution in [3.8, 4) is 0 Å². The Bertz CT molecular complexity index is 406. The van der Waals surface area contributed by atoms with Crippen LogP contribution < -0.4 is 0 Å². The van der Waals surface area contributed by atoms with Gasteiger partial charge < -0.3 is 9.84 Å². The third-order valence-electron chi connectivity index (χ3n) is 4.70. The van der Waals surface area contributed by atoms with E-state index in [9.17, 15) is 5.11 Å². The number of epoxide rings is 1. The summed E-state index contributed by atoms with van der Waals surface area (Å²) in [7, 11) is 0. The van der Waals surface area contributed by atoms with Crippen LogP contribution in [0.15, 0.2) is 30.3 Å². The summed E-state index contributed by atoms with van der Waals surface area (Å²) in [6.45, 7) is 2.08. The molecular formula is C16H22O2. The summed E-state index contributed by atoms with van der Waals surface area (Å²) in [5.74, 6) is 0. The number of benzene rings is 1. The Morgan fingerprint density at radius 2 is 1.61 bits per heavy atom. The van der Waals surface area contributed by atoms with Crippen LogP contribution in [0, 0.1) is 0 Å². The van der Waals surface area contributed by atoms with Crippen LogP contribution in [0.2, 0.25) is 0 Å². The molecule has 0 bridgehead atoms. The Hall–Kier alpha value is -0.860.